The van der Waals surface area contributed by atoms with Crippen LogP contribution in [0.1, 0.15) is 38.8 Å². The van der Waals surface area contributed by atoms with Crippen molar-refractivity contribution >= 4 is 0 Å². The van der Waals surface area contributed by atoms with Crippen LogP contribution in [0.25, 0.3) is 0 Å². The Balaban J connectivity index is 3.08. The maximum Gasteiger partial charge on any atom is 0.109 e. The molecule has 84 valence electrons. The van der Waals surface area contributed by atoms with Gasteiger partial charge in [-0.2, -0.15) is 0 Å². The molecule has 0 radical (unpaired) electrons. The molecule has 0 saturated heterocycles. The van der Waals surface area contributed by atoms with Gasteiger partial charge < -0.3 is 5.11 Å². The van der Waals surface area contributed by atoms with Crippen molar-refractivity contribution in [2.24, 2.45) is 0 Å². The van der Waals surface area contributed by atoms with Crippen LogP contribution in [-0.2, 0) is 12.0 Å². The second kappa shape index (κ2) is 3.93. The minimum atomic E-state index is -1.25. The number of halogens is 1. The SMILES string of the molecule is CC(C)(F)Cc1ccccc1C(C)(C)O. The van der Waals surface area contributed by atoms with Crippen LogP contribution in [0.5, 0.6) is 0 Å². The highest BCUT2D eigenvalue weighted by Gasteiger charge is 2.24. The third-order valence-corrected chi connectivity index (χ3v) is 2.29. The fraction of sp³-hybridized carbons (Fsp3) is 0.538. The predicted molar refractivity (Wildman–Crippen MR) is 60.6 cm³/mol. The van der Waals surface area contributed by atoms with Gasteiger partial charge in [0, 0.05) is 6.42 Å². The summed E-state index contributed by atoms with van der Waals surface area (Å²) in [5, 5.41) is 9.94. The average molecular weight is 210 g/mol. The maximum atomic E-state index is 13.6. The molecule has 1 rings (SSSR count). The van der Waals surface area contributed by atoms with Crippen LogP contribution in [0.2, 0.25) is 0 Å². The lowest BCUT2D eigenvalue weighted by Crippen LogP contribution is -2.22. The van der Waals surface area contributed by atoms with Crippen molar-refractivity contribution in [3.8, 4) is 0 Å². The third kappa shape index (κ3) is 3.63. The lowest BCUT2D eigenvalue weighted by Gasteiger charge is -2.24. The van der Waals surface area contributed by atoms with E-state index in [0.717, 1.165) is 11.1 Å². The van der Waals surface area contributed by atoms with E-state index in [4.69, 9.17) is 0 Å². The highest BCUT2D eigenvalue weighted by Crippen LogP contribution is 2.27. The average Bonchev–Trinajstić information content (AvgIpc) is 1.99. The highest BCUT2D eigenvalue weighted by atomic mass is 19.1. The van der Waals surface area contributed by atoms with Crippen molar-refractivity contribution in [3.63, 3.8) is 0 Å². The summed E-state index contributed by atoms with van der Waals surface area (Å²) in [5.74, 6) is 0. The molecule has 0 aliphatic carbocycles. The predicted octanol–water partition coefficient (Wildman–Crippen LogP) is 3.20. The minimum absolute atomic E-state index is 0.327. The molecule has 0 fully saturated rings. The lowest BCUT2D eigenvalue weighted by atomic mass is 9.88. The summed E-state index contributed by atoms with van der Waals surface area (Å²) >= 11 is 0. The molecule has 0 heterocycles. The van der Waals surface area contributed by atoms with E-state index in [1.807, 2.05) is 24.3 Å². The molecule has 0 aromatic heterocycles. The van der Waals surface area contributed by atoms with Crippen LogP contribution in [0.3, 0.4) is 0 Å². The van der Waals surface area contributed by atoms with Crippen LogP contribution in [-0.4, -0.2) is 10.8 Å². The van der Waals surface area contributed by atoms with Crippen LogP contribution >= 0.6 is 0 Å². The van der Waals surface area contributed by atoms with E-state index >= 15 is 0 Å². The zero-order valence-corrected chi connectivity index (χ0v) is 9.84. The van der Waals surface area contributed by atoms with Gasteiger partial charge in [0.05, 0.1) is 5.60 Å². The molecule has 2 heteroatoms. The molecule has 15 heavy (non-hydrogen) atoms. The number of benzene rings is 1. The van der Waals surface area contributed by atoms with Gasteiger partial charge in [-0.25, -0.2) is 4.39 Å². The first-order valence-electron chi connectivity index (χ1n) is 5.20. The van der Waals surface area contributed by atoms with Crippen LogP contribution < -0.4 is 0 Å². The molecular weight excluding hydrogens is 191 g/mol. The molecule has 0 aliphatic heterocycles. The molecule has 0 aliphatic rings. The molecule has 1 aromatic carbocycles. The van der Waals surface area contributed by atoms with Gasteiger partial charge in [0.15, 0.2) is 0 Å². The molecule has 1 N–H and O–H groups in total. The monoisotopic (exact) mass is 210 g/mol. The zero-order chi connectivity index (χ0) is 11.7. The summed E-state index contributed by atoms with van der Waals surface area (Å²) in [5.41, 5.74) is -0.489. The fourth-order valence-corrected chi connectivity index (χ4v) is 1.72. The number of aliphatic hydroxyl groups is 1. The molecule has 1 nitrogen and oxygen atoms in total. The Morgan fingerprint density at radius 1 is 1.13 bits per heavy atom. The van der Waals surface area contributed by atoms with E-state index in [2.05, 4.69) is 0 Å². The van der Waals surface area contributed by atoms with Crippen LogP contribution in [0.4, 0.5) is 4.39 Å². The van der Waals surface area contributed by atoms with E-state index in [1.165, 1.54) is 0 Å². The highest BCUT2D eigenvalue weighted by molar-refractivity contribution is 5.32. The third-order valence-electron chi connectivity index (χ3n) is 2.29. The summed E-state index contributed by atoms with van der Waals surface area (Å²) in [7, 11) is 0. The molecule has 1 aromatic rings. The summed E-state index contributed by atoms with van der Waals surface area (Å²) in [6, 6.07) is 7.45. The van der Waals surface area contributed by atoms with Crippen molar-refractivity contribution < 1.29 is 9.50 Å². The topological polar surface area (TPSA) is 20.2 Å². The first kappa shape index (κ1) is 12.2. The lowest BCUT2D eigenvalue weighted by molar-refractivity contribution is 0.0767. The molecule has 0 spiro atoms. The van der Waals surface area contributed by atoms with Gasteiger partial charge in [-0.05, 0) is 38.8 Å². The molecule has 0 bridgehead atoms. The van der Waals surface area contributed by atoms with Gasteiger partial charge in [0.25, 0.3) is 0 Å². The van der Waals surface area contributed by atoms with Crippen molar-refractivity contribution in [2.45, 2.75) is 45.4 Å². The summed E-state index contributed by atoms with van der Waals surface area (Å²) in [6.07, 6.45) is 0.327. The first-order chi connectivity index (χ1) is 6.70. The largest absolute Gasteiger partial charge is 0.386 e. The van der Waals surface area contributed by atoms with Gasteiger partial charge in [0.1, 0.15) is 5.67 Å². The summed E-state index contributed by atoms with van der Waals surface area (Å²) < 4.78 is 13.6. The second-order valence-corrected chi connectivity index (χ2v) is 5.11. The molecular formula is C13H19FO. The molecule has 0 amide bonds. The smallest absolute Gasteiger partial charge is 0.109 e. The van der Waals surface area contributed by atoms with E-state index in [-0.39, 0.29) is 0 Å². The van der Waals surface area contributed by atoms with Crippen molar-refractivity contribution in [3.05, 3.63) is 35.4 Å². The standard InChI is InChI=1S/C13H19FO/c1-12(2,14)9-10-7-5-6-8-11(10)13(3,4)15/h5-8,15H,9H2,1-4H3. The Hall–Kier alpha value is -0.890. The number of hydrogen-bond donors (Lipinski definition) is 1. The molecule has 0 saturated carbocycles. The number of alkyl halides is 1. The summed E-state index contributed by atoms with van der Waals surface area (Å²) in [4.78, 5) is 0. The summed E-state index contributed by atoms with van der Waals surface area (Å²) in [6.45, 7) is 6.54. The van der Waals surface area contributed by atoms with Gasteiger partial charge in [0.2, 0.25) is 0 Å². The van der Waals surface area contributed by atoms with Gasteiger partial charge >= 0.3 is 0 Å². The van der Waals surface area contributed by atoms with Gasteiger partial charge in [-0.15, -0.1) is 0 Å². The van der Waals surface area contributed by atoms with E-state index in [0.29, 0.717) is 6.42 Å². The minimum Gasteiger partial charge on any atom is -0.386 e. The van der Waals surface area contributed by atoms with Gasteiger partial charge in [-0.3, -0.25) is 0 Å². The van der Waals surface area contributed by atoms with Crippen molar-refractivity contribution in [1.29, 1.82) is 0 Å². The Morgan fingerprint density at radius 2 is 1.67 bits per heavy atom. The molecule has 0 atom stereocenters. The number of rotatable bonds is 3. The second-order valence-electron chi connectivity index (χ2n) is 5.11. The Labute approximate surface area is 90.9 Å². The van der Waals surface area contributed by atoms with E-state index < -0.39 is 11.3 Å². The van der Waals surface area contributed by atoms with E-state index in [9.17, 15) is 9.50 Å². The van der Waals surface area contributed by atoms with Crippen molar-refractivity contribution in [1.82, 2.24) is 0 Å². The molecule has 0 unspecified atom stereocenters. The maximum absolute atomic E-state index is 13.6. The Morgan fingerprint density at radius 3 is 2.13 bits per heavy atom. The quantitative estimate of drug-likeness (QED) is 0.812. The zero-order valence-electron chi connectivity index (χ0n) is 9.84. The van der Waals surface area contributed by atoms with Gasteiger partial charge in [-0.1, -0.05) is 24.3 Å². The van der Waals surface area contributed by atoms with Crippen LogP contribution in [0, 0.1) is 0 Å². The van der Waals surface area contributed by atoms with E-state index in [1.54, 1.807) is 27.7 Å². The fourth-order valence-electron chi connectivity index (χ4n) is 1.72. The van der Waals surface area contributed by atoms with Crippen molar-refractivity contribution in [2.75, 3.05) is 0 Å². The number of hydrogen-bond acceptors (Lipinski definition) is 1. The van der Waals surface area contributed by atoms with Crippen LogP contribution in [0.15, 0.2) is 24.3 Å². The first-order valence-corrected chi connectivity index (χ1v) is 5.20. The Kier molecular flexibility index (Phi) is 3.19. The Bertz CT molecular complexity index is 331. The normalized spacial score (nSPS) is 12.9.